The molecule has 2 aromatic rings. The Morgan fingerprint density at radius 2 is 1.57 bits per heavy atom. The topological polar surface area (TPSA) is 154 Å². The first-order valence-corrected chi connectivity index (χ1v) is 8.87. The van der Waals surface area contributed by atoms with Crippen LogP contribution in [0.25, 0.3) is 0 Å². The van der Waals surface area contributed by atoms with E-state index in [2.05, 4.69) is 37.3 Å². The molecule has 0 heterocycles. The summed E-state index contributed by atoms with van der Waals surface area (Å²) in [4.78, 5) is 43.8. The number of nitrogens with zero attached hydrogens (tertiary/aromatic N) is 2. The molecule has 0 saturated carbocycles. The van der Waals surface area contributed by atoms with E-state index in [1.165, 1.54) is 0 Å². The zero-order valence-electron chi connectivity index (χ0n) is 13.7. The fraction of sp³-hybridized carbons (Fsp3) is 0.0667. The van der Waals surface area contributed by atoms with Gasteiger partial charge in [-0.3, -0.25) is 40.7 Å². The molecule has 0 aliphatic rings. The highest BCUT2D eigenvalue weighted by Gasteiger charge is 2.20. The largest absolute Gasteiger partial charge is 0.483 e. The summed E-state index contributed by atoms with van der Waals surface area (Å²) in [6, 6.07) is 7.45. The molecule has 0 spiro atoms. The first-order chi connectivity index (χ1) is 13.2. The number of carbonyl (C=O) groups excluding carboxylic acids is 2. The van der Waals surface area contributed by atoms with Crippen LogP contribution in [-0.2, 0) is 4.79 Å². The number of halogens is 2. The number of nitro benzene ring substituents is 2. The number of non-ortho nitro benzene ring substituents is 2. The van der Waals surface area contributed by atoms with Crippen molar-refractivity contribution < 1.29 is 24.2 Å². The van der Waals surface area contributed by atoms with Crippen molar-refractivity contribution >= 4 is 55.0 Å². The molecule has 0 fully saturated rings. The van der Waals surface area contributed by atoms with Crippen molar-refractivity contribution in [1.82, 2.24) is 10.9 Å². The maximum atomic E-state index is 12.0. The van der Waals surface area contributed by atoms with Crippen molar-refractivity contribution in [3.05, 3.63) is 71.1 Å². The number of hydrazine groups is 1. The van der Waals surface area contributed by atoms with Gasteiger partial charge in [0, 0.05) is 16.6 Å². The number of ether oxygens (including phenoxy) is 1. The Labute approximate surface area is 173 Å². The molecule has 2 rings (SSSR count). The minimum Gasteiger partial charge on any atom is -0.483 e. The highest BCUT2D eigenvalue weighted by atomic mass is 79.9. The molecule has 28 heavy (non-hydrogen) atoms. The highest BCUT2D eigenvalue weighted by Crippen LogP contribution is 2.28. The molecule has 0 aliphatic carbocycles. The quantitative estimate of drug-likeness (QED) is 0.441. The first-order valence-electron chi connectivity index (χ1n) is 7.28. The number of carbonyl (C=O) groups is 2. The fourth-order valence-electron chi connectivity index (χ4n) is 1.91. The van der Waals surface area contributed by atoms with Crippen molar-refractivity contribution in [3.63, 3.8) is 0 Å². The third-order valence-corrected chi connectivity index (χ3v) is 4.27. The summed E-state index contributed by atoms with van der Waals surface area (Å²) in [5.74, 6) is -1.30. The number of hydrogen-bond acceptors (Lipinski definition) is 7. The number of amides is 2. The van der Waals surface area contributed by atoms with Gasteiger partial charge in [-0.25, -0.2) is 0 Å². The smallest absolute Gasteiger partial charge is 0.277 e. The first kappa shape index (κ1) is 21.2. The van der Waals surface area contributed by atoms with E-state index >= 15 is 0 Å². The third kappa shape index (κ3) is 5.72. The fourth-order valence-corrected chi connectivity index (χ4v) is 3.07. The molecule has 0 radical (unpaired) electrons. The van der Waals surface area contributed by atoms with E-state index in [0.717, 1.165) is 22.7 Å². The van der Waals surface area contributed by atoms with Crippen LogP contribution in [0.5, 0.6) is 5.75 Å². The van der Waals surface area contributed by atoms with E-state index < -0.39 is 39.6 Å². The lowest BCUT2D eigenvalue weighted by Crippen LogP contribution is -2.43. The SMILES string of the molecule is O=C(COc1ccc(Br)cc1Br)NNC(=O)c1cc([N+](=O)[O-])cc([N+](=O)[O-])c1. The molecule has 2 aromatic carbocycles. The molecule has 0 bridgehead atoms. The Hall–Kier alpha value is -3.06. The third-order valence-electron chi connectivity index (χ3n) is 3.15. The van der Waals surface area contributed by atoms with E-state index in [0.29, 0.717) is 10.2 Å². The molecule has 0 saturated heterocycles. The highest BCUT2D eigenvalue weighted by molar-refractivity contribution is 9.11. The monoisotopic (exact) mass is 516 g/mol. The minimum atomic E-state index is -0.968. The number of nitro groups is 2. The average Bonchev–Trinajstić information content (AvgIpc) is 2.64. The molecule has 2 amide bonds. The van der Waals surface area contributed by atoms with Crippen LogP contribution in [0.2, 0.25) is 0 Å². The summed E-state index contributed by atoms with van der Waals surface area (Å²) >= 11 is 6.53. The standard InChI is InChI=1S/C15H10Br2N4O7/c16-9-1-2-13(12(17)5-9)28-7-14(22)18-19-15(23)8-3-10(20(24)25)6-11(4-8)21(26)27/h1-6H,7H2,(H,18,22)(H,19,23). The normalized spacial score (nSPS) is 10.1. The number of benzene rings is 2. The van der Waals surface area contributed by atoms with Crippen LogP contribution in [0.3, 0.4) is 0 Å². The van der Waals surface area contributed by atoms with Gasteiger partial charge in [-0.1, -0.05) is 15.9 Å². The van der Waals surface area contributed by atoms with E-state index in [1.807, 2.05) is 5.43 Å². The van der Waals surface area contributed by atoms with Gasteiger partial charge in [-0.2, -0.15) is 0 Å². The van der Waals surface area contributed by atoms with E-state index in [1.54, 1.807) is 18.2 Å². The summed E-state index contributed by atoms with van der Waals surface area (Å²) in [6.07, 6.45) is 0. The molecule has 2 N–H and O–H groups in total. The van der Waals surface area contributed by atoms with Crippen molar-refractivity contribution in [2.24, 2.45) is 0 Å². The van der Waals surface area contributed by atoms with Crippen LogP contribution in [0, 0.1) is 20.2 Å². The molecule has 146 valence electrons. The van der Waals surface area contributed by atoms with Gasteiger partial charge >= 0.3 is 0 Å². The van der Waals surface area contributed by atoms with Crippen molar-refractivity contribution in [2.75, 3.05) is 6.61 Å². The summed E-state index contributed by atoms with van der Waals surface area (Å²) in [5.41, 5.74) is 2.44. The molecule has 0 aromatic heterocycles. The van der Waals surface area contributed by atoms with Gasteiger partial charge < -0.3 is 4.74 Å². The predicted octanol–water partition coefficient (Wildman–Crippen LogP) is 2.87. The average molecular weight is 518 g/mol. The van der Waals surface area contributed by atoms with E-state index in [-0.39, 0.29) is 5.56 Å². The van der Waals surface area contributed by atoms with Crippen molar-refractivity contribution in [2.45, 2.75) is 0 Å². The summed E-state index contributed by atoms with van der Waals surface area (Å²) in [5, 5.41) is 21.7. The zero-order chi connectivity index (χ0) is 20.8. The van der Waals surface area contributed by atoms with Crippen LogP contribution >= 0.6 is 31.9 Å². The van der Waals surface area contributed by atoms with Gasteiger partial charge in [0.2, 0.25) is 0 Å². The Morgan fingerprint density at radius 3 is 2.11 bits per heavy atom. The second kappa shape index (κ2) is 9.23. The van der Waals surface area contributed by atoms with Crippen molar-refractivity contribution in [3.8, 4) is 5.75 Å². The van der Waals surface area contributed by atoms with Crippen LogP contribution in [0.4, 0.5) is 11.4 Å². The van der Waals surface area contributed by atoms with Crippen LogP contribution in [0.15, 0.2) is 45.3 Å². The van der Waals surface area contributed by atoms with Crippen LogP contribution in [0.1, 0.15) is 10.4 Å². The Kier molecular flexibility index (Phi) is 7.00. The maximum Gasteiger partial charge on any atom is 0.277 e. The molecular weight excluding hydrogens is 508 g/mol. The van der Waals surface area contributed by atoms with Crippen LogP contribution < -0.4 is 15.6 Å². The Balaban J connectivity index is 1.98. The molecule has 0 aliphatic heterocycles. The molecule has 13 heteroatoms. The molecule has 11 nitrogen and oxygen atoms in total. The maximum absolute atomic E-state index is 12.0. The Morgan fingerprint density at radius 1 is 0.964 bits per heavy atom. The number of hydrogen-bond donors (Lipinski definition) is 2. The number of nitrogens with one attached hydrogen (secondary N) is 2. The second-order valence-electron chi connectivity index (χ2n) is 5.12. The van der Waals surface area contributed by atoms with Gasteiger partial charge in [0.05, 0.1) is 25.9 Å². The number of rotatable bonds is 6. The lowest BCUT2D eigenvalue weighted by Gasteiger charge is -2.10. The van der Waals surface area contributed by atoms with Gasteiger partial charge in [-0.15, -0.1) is 0 Å². The van der Waals surface area contributed by atoms with Crippen molar-refractivity contribution in [1.29, 1.82) is 0 Å². The summed E-state index contributed by atoms with van der Waals surface area (Å²) < 4.78 is 6.68. The minimum absolute atomic E-state index is 0.363. The predicted molar refractivity (Wildman–Crippen MR) is 103 cm³/mol. The molecule has 0 unspecified atom stereocenters. The van der Waals surface area contributed by atoms with Gasteiger partial charge in [0.1, 0.15) is 5.75 Å². The summed E-state index contributed by atoms with van der Waals surface area (Å²) in [6.45, 7) is -0.435. The van der Waals surface area contributed by atoms with E-state index in [9.17, 15) is 29.8 Å². The lowest BCUT2D eigenvalue weighted by atomic mass is 10.1. The van der Waals surface area contributed by atoms with E-state index in [4.69, 9.17) is 4.74 Å². The zero-order valence-corrected chi connectivity index (χ0v) is 16.9. The second-order valence-corrected chi connectivity index (χ2v) is 6.89. The molecular formula is C15H10Br2N4O7. The lowest BCUT2D eigenvalue weighted by molar-refractivity contribution is -0.394. The van der Waals surface area contributed by atoms with Crippen LogP contribution in [-0.4, -0.2) is 28.3 Å². The Bertz CT molecular complexity index is 935. The van der Waals surface area contributed by atoms with Gasteiger partial charge in [0.25, 0.3) is 23.2 Å². The summed E-state index contributed by atoms with van der Waals surface area (Å²) in [7, 11) is 0. The van der Waals surface area contributed by atoms with Gasteiger partial charge in [0.15, 0.2) is 6.61 Å². The molecule has 0 atom stereocenters. The van der Waals surface area contributed by atoms with Gasteiger partial charge in [-0.05, 0) is 34.1 Å².